The van der Waals surface area contributed by atoms with Crippen LogP contribution in [0, 0.1) is 6.92 Å². The van der Waals surface area contributed by atoms with E-state index in [1.54, 1.807) is 0 Å². The summed E-state index contributed by atoms with van der Waals surface area (Å²) in [6.45, 7) is 3.54. The maximum atomic E-state index is 13.4. The van der Waals surface area contributed by atoms with Crippen LogP contribution in [0.2, 0.25) is 0 Å². The molecule has 0 unspecified atom stereocenters. The number of carbonyl (C=O) groups excluding carboxylic acids is 1. The average Bonchev–Trinajstić information content (AvgIpc) is 3.23. The number of hydrogen-bond acceptors (Lipinski definition) is 1. The van der Waals surface area contributed by atoms with Gasteiger partial charge in [-0.05, 0) is 36.1 Å². The van der Waals surface area contributed by atoms with Crippen molar-refractivity contribution >= 4 is 22.5 Å². The van der Waals surface area contributed by atoms with Crippen LogP contribution in [0.1, 0.15) is 22.9 Å². The Morgan fingerprint density at radius 1 is 0.897 bits per heavy atom. The van der Waals surface area contributed by atoms with E-state index >= 15 is 0 Å². The number of anilines is 1. The Kier molecular flexibility index (Phi) is 4.32. The number of urea groups is 1. The molecule has 4 aromatic rings. The second-order valence-corrected chi connectivity index (χ2v) is 7.59. The molecule has 1 aliphatic rings. The first-order valence-electron chi connectivity index (χ1n) is 9.98. The van der Waals surface area contributed by atoms with E-state index in [1.165, 1.54) is 5.56 Å². The van der Waals surface area contributed by atoms with Crippen LogP contribution in [0.5, 0.6) is 0 Å². The van der Waals surface area contributed by atoms with Gasteiger partial charge < -0.3 is 14.8 Å². The topological polar surface area (TPSA) is 37.3 Å². The summed E-state index contributed by atoms with van der Waals surface area (Å²) in [5.74, 6) is 0. The molecule has 0 saturated carbocycles. The lowest BCUT2D eigenvalue weighted by molar-refractivity contribution is 0.182. The molecule has 144 valence electrons. The first-order valence-corrected chi connectivity index (χ1v) is 9.98. The van der Waals surface area contributed by atoms with Crippen LogP contribution in [0.3, 0.4) is 0 Å². The van der Waals surface area contributed by atoms with Crippen molar-refractivity contribution < 1.29 is 4.79 Å². The molecule has 0 radical (unpaired) electrons. The largest absolute Gasteiger partial charge is 0.348 e. The Balaban J connectivity index is 1.51. The fraction of sp³-hybridized carbons (Fsp3) is 0.160. The summed E-state index contributed by atoms with van der Waals surface area (Å²) in [4.78, 5) is 15.3. The Hall–Kier alpha value is -3.53. The average molecular weight is 381 g/mol. The third-order valence-electron chi connectivity index (χ3n) is 5.72. The van der Waals surface area contributed by atoms with Crippen molar-refractivity contribution in [3.63, 3.8) is 0 Å². The first-order chi connectivity index (χ1) is 14.2. The molecule has 2 amide bonds. The van der Waals surface area contributed by atoms with Crippen molar-refractivity contribution in [2.45, 2.75) is 19.5 Å². The molecule has 1 N–H and O–H groups in total. The van der Waals surface area contributed by atoms with Crippen LogP contribution >= 0.6 is 0 Å². The Morgan fingerprint density at radius 3 is 2.55 bits per heavy atom. The summed E-state index contributed by atoms with van der Waals surface area (Å²) in [5.41, 5.74) is 4.33. The van der Waals surface area contributed by atoms with Crippen LogP contribution in [0.4, 0.5) is 10.5 Å². The molecule has 3 aromatic carbocycles. The summed E-state index contributed by atoms with van der Waals surface area (Å²) in [6.07, 6.45) is 2.09. The highest BCUT2D eigenvalue weighted by Gasteiger charge is 2.32. The van der Waals surface area contributed by atoms with Gasteiger partial charge in [0.25, 0.3) is 0 Å². The molecule has 0 spiro atoms. The number of hydrogen-bond donors (Lipinski definition) is 1. The van der Waals surface area contributed by atoms with Gasteiger partial charge in [0.15, 0.2) is 0 Å². The standard InChI is InChI=1S/C25H23N3O/c1-18-11-13-20(14-12-18)24-23-10-5-15-27(23)16-17-28(24)25(29)26-22-9-4-7-19-6-2-3-8-21(19)22/h2-15,24H,16-17H2,1H3,(H,26,29)/t24-/m0/s1. The molecular weight excluding hydrogens is 358 g/mol. The predicted octanol–water partition coefficient (Wildman–Crippen LogP) is 5.59. The quantitative estimate of drug-likeness (QED) is 0.483. The lowest BCUT2D eigenvalue weighted by Crippen LogP contribution is -2.44. The number of carbonyl (C=O) groups is 1. The molecule has 0 saturated heterocycles. The van der Waals surface area contributed by atoms with Crippen molar-refractivity contribution in [2.75, 3.05) is 11.9 Å². The van der Waals surface area contributed by atoms with Gasteiger partial charge in [0, 0.05) is 30.4 Å². The second-order valence-electron chi connectivity index (χ2n) is 7.59. The Bertz CT molecular complexity index is 1170. The molecule has 2 heterocycles. The van der Waals surface area contributed by atoms with Crippen molar-refractivity contribution in [3.05, 3.63) is 102 Å². The highest BCUT2D eigenvalue weighted by molar-refractivity contribution is 6.01. The van der Waals surface area contributed by atoms with Gasteiger partial charge in [0.2, 0.25) is 0 Å². The number of benzene rings is 3. The number of amides is 2. The monoisotopic (exact) mass is 381 g/mol. The molecule has 0 fully saturated rings. The molecular formula is C25H23N3O. The van der Waals surface area contributed by atoms with Crippen molar-refractivity contribution in [1.82, 2.24) is 9.47 Å². The fourth-order valence-electron chi connectivity index (χ4n) is 4.22. The van der Waals surface area contributed by atoms with E-state index in [0.29, 0.717) is 6.54 Å². The summed E-state index contributed by atoms with van der Waals surface area (Å²) >= 11 is 0. The smallest absolute Gasteiger partial charge is 0.322 e. The lowest BCUT2D eigenvalue weighted by Gasteiger charge is -2.37. The minimum absolute atomic E-state index is 0.0700. The van der Waals surface area contributed by atoms with Crippen molar-refractivity contribution in [1.29, 1.82) is 0 Å². The number of aryl methyl sites for hydroxylation is 1. The minimum Gasteiger partial charge on any atom is -0.348 e. The maximum absolute atomic E-state index is 13.4. The van der Waals surface area contributed by atoms with Gasteiger partial charge in [0.05, 0.1) is 11.7 Å². The second kappa shape index (κ2) is 7.13. The van der Waals surface area contributed by atoms with E-state index in [9.17, 15) is 4.79 Å². The fourth-order valence-corrected chi connectivity index (χ4v) is 4.22. The zero-order chi connectivity index (χ0) is 19.8. The number of aromatic nitrogens is 1. The van der Waals surface area contributed by atoms with Crippen LogP contribution in [0.25, 0.3) is 10.8 Å². The third kappa shape index (κ3) is 3.17. The summed E-state index contributed by atoms with van der Waals surface area (Å²) in [6, 6.07) is 26.6. The van der Waals surface area contributed by atoms with Gasteiger partial charge in [-0.25, -0.2) is 4.79 Å². The van der Waals surface area contributed by atoms with E-state index in [0.717, 1.165) is 34.3 Å². The molecule has 1 aromatic heterocycles. The zero-order valence-electron chi connectivity index (χ0n) is 16.4. The molecule has 29 heavy (non-hydrogen) atoms. The van der Waals surface area contributed by atoms with E-state index in [4.69, 9.17) is 0 Å². The summed E-state index contributed by atoms with van der Waals surface area (Å²) in [5, 5.41) is 5.34. The van der Waals surface area contributed by atoms with Crippen LogP contribution in [-0.2, 0) is 6.54 Å². The van der Waals surface area contributed by atoms with E-state index < -0.39 is 0 Å². The maximum Gasteiger partial charge on any atom is 0.322 e. The SMILES string of the molecule is Cc1ccc([C@H]2c3cccn3CCN2C(=O)Nc2cccc3ccccc23)cc1. The van der Waals surface area contributed by atoms with Gasteiger partial charge in [-0.15, -0.1) is 0 Å². The number of fused-ring (bicyclic) bond motifs is 2. The molecule has 4 heteroatoms. The molecule has 4 nitrogen and oxygen atoms in total. The predicted molar refractivity (Wildman–Crippen MR) is 117 cm³/mol. The third-order valence-corrected chi connectivity index (χ3v) is 5.72. The molecule has 1 aliphatic heterocycles. The van der Waals surface area contributed by atoms with Crippen LogP contribution in [0.15, 0.2) is 85.1 Å². The zero-order valence-corrected chi connectivity index (χ0v) is 16.4. The summed E-state index contributed by atoms with van der Waals surface area (Å²) in [7, 11) is 0. The van der Waals surface area contributed by atoms with Crippen molar-refractivity contribution in [2.24, 2.45) is 0 Å². The molecule has 1 atom stereocenters. The Labute approximate surface area is 170 Å². The highest BCUT2D eigenvalue weighted by Crippen LogP contribution is 2.33. The minimum atomic E-state index is -0.102. The molecule has 0 bridgehead atoms. The van der Waals surface area contributed by atoms with Crippen LogP contribution in [-0.4, -0.2) is 22.0 Å². The van der Waals surface area contributed by atoms with Crippen molar-refractivity contribution in [3.8, 4) is 0 Å². The van der Waals surface area contributed by atoms with Gasteiger partial charge in [0.1, 0.15) is 0 Å². The summed E-state index contributed by atoms with van der Waals surface area (Å²) < 4.78 is 2.24. The molecule has 5 rings (SSSR count). The number of nitrogens with zero attached hydrogens (tertiary/aromatic N) is 2. The lowest BCUT2D eigenvalue weighted by atomic mass is 9.99. The Morgan fingerprint density at radius 2 is 1.69 bits per heavy atom. The number of nitrogens with one attached hydrogen (secondary N) is 1. The van der Waals surface area contributed by atoms with E-state index in [1.807, 2.05) is 35.2 Å². The first kappa shape index (κ1) is 17.6. The van der Waals surface area contributed by atoms with Gasteiger partial charge >= 0.3 is 6.03 Å². The van der Waals surface area contributed by atoms with E-state index in [2.05, 4.69) is 71.5 Å². The van der Waals surface area contributed by atoms with Gasteiger partial charge in [-0.3, -0.25) is 0 Å². The van der Waals surface area contributed by atoms with Gasteiger partial charge in [-0.1, -0.05) is 66.2 Å². The normalized spacial score (nSPS) is 15.9. The van der Waals surface area contributed by atoms with Crippen LogP contribution < -0.4 is 5.32 Å². The molecule has 0 aliphatic carbocycles. The van der Waals surface area contributed by atoms with E-state index in [-0.39, 0.29) is 12.1 Å². The van der Waals surface area contributed by atoms with Gasteiger partial charge in [-0.2, -0.15) is 0 Å². The highest BCUT2D eigenvalue weighted by atomic mass is 16.2. The number of rotatable bonds is 2.